The van der Waals surface area contributed by atoms with Crippen molar-refractivity contribution >= 4 is 39.3 Å². The molecule has 0 heterocycles. The van der Waals surface area contributed by atoms with E-state index in [1.54, 1.807) is 32.9 Å². The summed E-state index contributed by atoms with van der Waals surface area (Å²) in [6.07, 6.45) is 0. The largest absolute Gasteiger partial charge is 0.452 e. The lowest BCUT2D eigenvalue weighted by Crippen LogP contribution is -2.30. The van der Waals surface area contributed by atoms with Gasteiger partial charge in [0.15, 0.2) is 6.61 Å². The van der Waals surface area contributed by atoms with Crippen LogP contribution >= 0.6 is 11.8 Å². The fourth-order valence-corrected chi connectivity index (χ4v) is 4.94. The van der Waals surface area contributed by atoms with Crippen LogP contribution in [0.15, 0.2) is 52.3 Å². The maximum atomic E-state index is 12.7. The van der Waals surface area contributed by atoms with Crippen LogP contribution in [0.1, 0.15) is 29.8 Å². The number of para-hydroxylation sites is 1. The zero-order chi connectivity index (χ0) is 23.9. The number of carbonyl (C=O) groups is 2. The van der Waals surface area contributed by atoms with Gasteiger partial charge in [0.05, 0.1) is 16.1 Å². The van der Waals surface area contributed by atoms with Gasteiger partial charge in [0.1, 0.15) is 0 Å². The molecule has 7 nitrogen and oxygen atoms in total. The molecule has 0 saturated carbocycles. The highest BCUT2D eigenvalue weighted by atomic mass is 32.2. The Labute approximate surface area is 190 Å². The summed E-state index contributed by atoms with van der Waals surface area (Å²) in [4.78, 5) is 24.8. The van der Waals surface area contributed by atoms with Gasteiger partial charge in [-0.3, -0.25) is 4.79 Å². The molecule has 0 radical (unpaired) electrons. The number of halogens is 2. The summed E-state index contributed by atoms with van der Waals surface area (Å²) in [7, 11) is -3.78. The van der Waals surface area contributed by atoms with Crippen molar-refractivity contribution in [1.82, 2.24) is 4.31 Å². The molecule has 0 unspecified atom stereocenters. The summed E-state index contributed by atoms with van der Waals surface area (Å²) >= 11 is 0.283. The zero-order valence-electron chi connectivity index (χ0n) is 17.8. The summed E-state index contributed by atoms with van der Waals surface area (Å²) in [5, 5.41) is 2.43. The van der Waals surface area contributed by atoms with Crippen molar-refractivity contribution in [3.63, 3.8) is 0 Å². The number of nitrogens with one attached hydrogen (secondary N) is 1. The summed E-state index contributed by atoms with van der Waals surface area (Å²) in [5.74, 6) is -4.25. The topological polar surface area (TPSA) is 92.8 Å². The Morgan fingerprint density at radius 1 is 1.12 bits per heavy atom. The minimum absolute atomic E-state index is 0.0136. The lowest BCUT2D eigenvalue weighted by Gasteiger charge is -2.19. The SMILES string of the molecule is CCN(CC)S(=O)(=O)c1ccc(C)c(C(=O)OCC(=O)Nc2ccccc2SC(F)F)c1. The summed E-state index contributed by atoms with van der Waals surface area (Å²) in [6, 6.07) is 10.1. The number of esters is 1. The second-order valence-electron chi connectivity index (χ2n) is 6.57. The number of thioether (sulfide) groups is 1. The number of sulfonamides is 1. The first-order chi connectivity index (χ1) is 15.1. The number of ether oxygens (including phenoxy) is 1. The van der Waals surface area contributed by atoms with E-state index in [1.807, 2.05) is 0 Å². The highest BCUT2D eigenvalue weighted by molar-refractivity contribution is 7.99. The summed E-state index contributed by atoms with van der Waals surface area (Å²) in [5.41, 5.74) is 0.662. The fourth-order valence-electron chi connectivity index (χ4n) is 2.86. The first kappa shape index (κ1) is 25.8. The number of alkyl halides is 2. The molecular weight excluding hydrogens is 462 g/mol. The van der Waals surface area contributed by atoms with E-state index in [-0.39, 0.29) is 45.9 Å². The number of amides is 1. The predicted octanol–water partition coefficient (Wildman–Crippen LogP) is 4.14. The average Bonchev–Trinajstić information content (AvgIpc) is 2.74. The van der Waals surface area contributed by atoms with Crippen molar-refractivity contribution in [1.29, 1.82) is 0 Å². The molecular formula is C21H24F2N2O5S2. The van der Waals surface area contributed by atoms with E-state index in [4.69, 9.17) is 4.74 Å². The maximum Gasteiger partial charge on any atom is 0.338 e. The number of hydrogen-bond acceptors (Lipinski definition) is 6. The van der Waals surface area contributed by atoms with Crippen molar-refractivity contribution in [2.75, 3.05) is 25.0 Å². The van der Waals surface area contributed by atoms with Crippen molar-refractivity contribution in [3.05, 3.63) is 53.6 Å². The van der Waals surface area contributed by atoms with Crippen LogP contribution in [0.5, 0.6) is 0 Å². The molecule has 11 heteroatoms. The Kier molecular flexibility index (Phi) is 9.17. The second-order valence-corrected chi connectivity index (χ2v) is 9.53. The number of anilines is 1. The number of benzene rings is 2. The molecule has 1 N–H and O–H groups in total. The van der Waals surface area contributed by atoms with Gasteiger partial charge in [0.2, 0.25) is 10.0 Å². The number of hydrogen-bond donors (Lipinski definition) is 1. The summed E-state index contributed by atoms with van der Waals surface area (Å²) in [6.45, 7) is 4.92. The molecule has 0 aliphatic heterocycles. The molecule has 0 atom stereocenters. The molecule has 0 aromatic heterocycles. The normalized spacial score (nSPS) is 11.6. The molecule has 174 valence electrons. The lowest BCUT2D eigenvalue weighted by atomic mass is 10.1. The third kappa shape index (κ3) is 6.50. The van der Waals surface area contributed by atoms with Gasteiger partial charge in [-0.15, -0.1) is 0 Å². The number of carbonyl (C=O) groups excluding carboxylic acids is 2. The predicted molar refractivity (Wildman–Crippen MR) is 119 cm³/mol. The molecule has 0 saturated heterocycles. The van der Waals surface area contributed by atoms with Crippen molar-refractivity contribution in [2.45, 2.75) is 36.3 Å². The number of nitrogens with zero attached hydrogens (tertiary/aromatic N) is 1. The van der Waals surface area contributed by atoms with E-state index in [0.29, 0.717) is 5.56 Å². The molecule has 0 bridgehead atoms. The third-order valence-electron chi connectivity index (χ3n) is 4.48. The first-order valence-electron chi connectivity index (χ1n) is 9.71. The van der Waals surface area contributed by atoms with Crippen LogP contribution in [0.2, 0.25) is 0 Å². The molecule has 0 spiro atoms. The van der Waals surface area contributed by atoms with Gasteiger partial charge in [-0.1, -0.05) is 43.8 Å². The quantitative estimate of drug-likeness (QED) is 0.401. The third-order valence-corrected chi connectivity index (χ3v) is 7.32. The Morgan fingerprint density at radius 3 is 2.41 bits per heavy atom. The van der Waals surface area contributed by atoms with Gasteiger partial charge in [0, 0.05) is 18.0 Å². The molecule has 0 aliphatic rings. The zero-order valence-corrected chi connectivity index (χ0v) is 19.4. The van der Waals surface area contributed by atoms with E-state index in [9.17, 15) is 26.8 Å². The minimum Gasteiger partial charge on any atom is -0.452 e. The summed E-state index contributed by atoms with van der Waals surface area (Å²) < 4.78 is 57.0. The van der Waals surface area contributed by atoms with Crippen molar-refractivity contribution in [3.8, 4) is 0 Å². The van der Waals surface area contributed by atoms with E-state index in [0.717, 1.165) is 0 Å². The monoisotopic (exact) mass is 486 g/mol. The molecule has 32 heavy (non-hydrogen) atoms. The lowest BCUT2D eigenvalue weighted by molar-refractivity contribution is -0.119. The van der Waals surface area contributed by atoms with Crippen LogP contribution in [0.25, 0.3) is 0 Å². The molecule has 0 aliphatic carbocycles. The van der Waals surface area contributed by atoms with Gasteiger partial charge in [-0.2, -0.15) is 13.1 Å². The maximum absolute atomic E-state index is 12.7. The van der Waals surface area contributed by atoms with Crippen LogP contribution in [0, 0.1) is 6.92 Å². The van der Waals surface area contributed by atoms with Crippen LogP contribution in [-0.2, 0) is 19.6 Å². The van der Waals surface area contributed by atoms with E-state index < -0.39 is 34.3 Å². The van der Waals surface area contributed by atoms with Gasteiger partial charge < -0.3 is 10.1 Å². The van der Waals surface area contributed by atoms with E-state index >= 15 is 0 Å². The first-order valence-corrected chi connectivity index (χ1v) is 12.0. The highest BCUT2D eigenvalue weighted by Crippen LogP contribution is 2.31. The smallest absolute Gasteiger partial charge is 0.338 e. The van der Waals surface area contributed by atoms with Crippen molar-refractivity contribution in [2.24, 2.45) is 0 Å². The molecule has 2 aromatic rings. The molecule has 2 aromatic carbocycles. The minimum atomic E-state index is -3.78. The Balaban J connectivity index is 2.11. The van der Waals surface area contributed by atoms with Crippen molar-refractivity contribution < 1.29 is 31.5 Å². The second kappa shape index (κ2) is 11.4. The number of rotatable bonds is 10. The Hall–Kier alpha value is -2.50. The molecule has 1 amide bonds. The standard InChI is InChI=1S/C21H24F2N2O5S2/c1-4-25(5-2)32(28,29)15-11-10-14(3)16(12-15)20(27)30-13-19(26)24-17-8-6-7-9-18(17)31-21(22)23/h6-12,21H,4-5,13H2,1-3H3,(H,24,26). The van der Waals surface area contributed by atoms with Crippen LogP contribution in [0.3, 0.4) is 0 Å². The van der Waals surface area contributed by atoms with Crippen LogP contribution < -0.4 is 5.32 Å². The van der Waals surface area contributed by atoms with E-state index in [2.05, 4.69) is 5.32 Å². The van der Waals surface area contributed by atoms with Gasteiger partial charge in [-0.25, -0.2) is 13.2 Å². The highest BCUT2D eigenvalue weighted by Gasteiger charge is 2.24. The Morgan fingerprint density at radius 2 is 1.78 bits per heavy atom. The van der Waals surface area contributed by atoms with Gasteiger partial charge in [-0.05, 0) is 36.8 Å². The van der Waals surface area contributed by atoms with Gasteiger partial charge >= 0.3 is 5.97 Å². The molecule has 2 rings (SSSR count). The Bertz CT molecular complexity index is 1070. The molecule has 0 fully saturated rings. The fraction of sp³-hybridized carbons (Fsp3) is 0.333. The van der Waals surface area contributed by atoms with Gasteiger partial charge in [0.25, 0.3) is 11.7 Å². The van der Waals surface area contributed by atoms with E-state index in [1.165, 1.54) is 34.6 Å². The van der Waals surface area contributed by atoms with Crippen LogP contribution in [0.4, 0.5) is 14.5 Å². The average molecular weight is 487 g/mol. The van der Waals surface area contributed by atoms with Crippen LogP contribution in [-0.4, -0.2) is 50.1 Å². The number of aryl methyl sites for hydroxylation is 1.